The van der Waals surface area contributed by atoms with E-state index in [0.29, 0.717) is 0 Å². The highest BCUT2D eigenvalue weighted by atomic mass is 32.2. The van der Waals surface area contributed by atoms with E-state index in [0.717, 1.165) is 36.8 Å². The van der Waals surface area contributed by atoms with Gasteiger partial charge in [0.25, 0.3) is 0 Å². The van der Waals surface area contributed by atoms with E-state index in [9.17, 15) is 9.18 Å². The van der Waals surface area contributed by atoms with Crippen molar-refractivity contribution in [3.63, 3.8) is 0 Å². The zero-order valence-corrected chi connectivity index (χ0v) is 23.5. The molecule has 1 unspecified atom stereocenters. The molecular weight excluding hydrogens is 527 g/mol. The number of thioether (sulfide) groups is 1. The summed E-state index contributed by atoms with van der Waals surface area (Å²) in [7, 11) is 0. The third-order valence-corrected chi connectivity index (χ3v) is 8.96. The van der Waals surface area contributed by atoms with Crippen molar-refractivity contribution in [1.29, 1.82) is 0 Å². The van der Waals surface area contributed by atoms with Crippen LogP contribution < -0.4 is 0 Å². The number of hydrogen-bond donors (Lipinski definition) is 1. The zero-order valence-electron chi connectivity index (χ0n) is 22.7. The fourth-order valence-corrected chi connectivity index (χ4v) is 6.72. The van der Waals surface area contributed by atoms with Crippen LogP contribution in [0.1, 0.15) is 40.7 Å². The summed E-state index contributed by atoms with van der Waals surface area (Å²) >= 11 is 1.54. The fourth-order valence-electron chi connectivity index (χ4n) is 5.92. The molecule has 204 valence electrons. The predicted octanol–water partition coefficient (Wildman–Crippen LogP) is 9.39. The van der Waals surface area contributed by atoms with Gasteiger partial charge in [-0.2, -0.15) is 0 Å². The lowest BCUT2D eigenvalue weighted by atomic mass is 9.78. The SMILES string of the molecule is Fc1ccc(-c2ccc(C3=Cc4ccc5c(c4CC3)CCc3ccccc3-5)cc2)cc1.O=C(O)CC1C=CC=CS1. The molecule has 1 heterocycles. The molecule has 2 aliphatic carbocycles. The third kappa shape index (κ3) is 6.13. The Morgan fingerprint density at radius 1 is 0.756 bits per heavy atom. The van der Waals surface area contributed by atoms with Crippen molar-refractivity contribution in [2.45, 2.75) is 37.4 Å². The summed E-state index contributed by atoms with van der Waals surface area (Å²) in [5, 5.41) is 10.4. The van der Waals surface area contributed by atoms with Crippen LogP contribution >= 0.6 is 11.8 Å². The minimum atomic E-state index is -0.738. The number of hydrogen-bond acceptors (Lipinski definition) is 2. The molecule has 4 heteroatoms. The Morgan fingerprint density at radius 3 is 2.20 bits per heavy atom. The first-order chi connectivity index (χ1) is 20.0. The van der Waals surface area contributed by atoms with Crippen LogP contribution in [0.5, 0.6) is 0 Å². The van der Waals surface area contributed by atoms with E-state index in [-0.39, 0.29) is 17.5 Å². The largest absolute Gasteiger partial charge is 0.481 e. The normalized spacial score (nSPS) is 16.4. The lowest BCUT2D eigenvalue weighted by molar-refractivity contribution is -0.136. The molecular formula is C37H31FO2S. The molecule has 2 nitrogen and oxygen atoms in total. The van der Waals surface area contributed by atoms with Crippen molar-refractivity contribution in [2.75, 3.05) is 0 Å². The van der Waals surface area contributed by atoms with Gasteiger partial charge in [0.15, 0.2) is 0 Å². The second-order valence-corrected chi connectivity index (χ2v) is 11.7. The number of benzene rings is 4. The molecule has 1 N–H and O–H groups in total. The van der Waals surface area contributed by atoms with E-state index in [4.69, 9.17) is 5.11 Å². The van der Waals surface area contributed by atoms with Gasteiger partial charge in [-0.3, -0.25) is 4.79 Å². The lowest BCUT2D eigenvalue weighted by Crippen LogP contribution is -2.10. The minimum Gasteiger partial charge on any atom is -0.481 e. The Labute approximate surface area is 245 Å². The summed E-state index contributed by atoms with van der Waals surface area (Å²) in [6, 6.07) is 28.9. The van der Waals surface area contributed by atoms with Crippen molar-refractivity contribution in [3.8, 4) is 22.3 Å². The minimum absolute atomic E-state index is 0.127. The van der Waals surface area contributed by atoms with E-state index in [1.165, 1.54) is 45.5 Å². The van der Waals surface area contributed by atoms with Gasteiger partial charge in [0.05, 0.1) is 6.42 Å². The van der Waals surface area contributed by atoms with Crippen LogP contribution in [0.25, 0.3) is 33.9 Å². The van der Waals surface area contributed by atoms with E-state index in [1.54, 1.807) is 22.9 Å². The van der Waals surface area contributed by atoms with Gasteiger partial charge in [-0.15, -0.1) is 11.8 Å². The number of aliphatic carboxylic acids is 1. The Hall–Kier alpha value is -4.15. The monoisotopic (exact) mass is 558 g/mol. The second kappa shape index (κ2) is 12.2. The molecule has 0 bridgehead atoms. The molecule has 1 aliphatic heterocycles. The van der Waals surface area contributed by atoms with Crippen molar-refractivity contribution in [1.82, 2.24) is 0 Å². The second-order valence-electron chi connectivity index (χ2n) is 10.6. The third-order valence-electron chi connectivity index (χ3n) is 7.97. The Balaban J connectivity index is 0.000000258. The Kier molecular flexibility index (Phi) is 8.02. The summed E-state index contributed by atoms with van der Waals surface area (Å²) < 4.78 is 13.2. The number of rotatable bonds is 4. The molecule has 7 rings (SSSR count). The first-order valence-electron chi connectivity index (χ1n) is 14.1. The molecule has 4 aromatic rings. The number of halogens is 1. The van der Waals surface area contributed by atoms with Gasteiger partial charge >= 0.3 is 5.97 Å². The molecule has 0 aromatic heterocycles. The van der Waals surface area contributed by atoms with Crippen molar-refractivity contribution in [2.24, 2.45) is 0 Å². The highest BCUT2D eigenvalue weighted by Crippen LogP contribution is 2.40. The van der Waals surface area contributed by atoms with Gasteiger partial charge in [-0.25, -0.2) is 4.39 Å². The van der Waals surface area contributed by atoms with Crippen LogP contribution in [0.2, 0.25) is 0 Å². The van der Waals surface area contributed by atoms with Gasteiger partial charge in [-0.05, 0) is 98.9 Å². The summed E-state index contributed by atoms with van der Waals surface area (Å²) in [5.41, 5.74) is 13.6. The topological polar surface area (TPSA) is 37.3 Å². The summed E-state index contributed by atoms with van der Waals surface area (Å²) in [5.74, 6) is -0.936. The number of carboxylic acid groups (broad SMARTS) is 1. The summed E-state index contributed by atoms with van der Waals surface area (Å²) in [4.78, 5) is 10.2. The number of fused-ring (bicyclic) bond motifs is 5. The van der Waals surface area contributed by atoms with Crippen molar-refractivity contribution < 1.29 is 14.3 Å². The molecule has 0 fully saturated rings. The number of allylic oxidation sites excluding steroid dienone is 3. The predicted molar refractivity (Wildman–Crippen MR) is 169 cm³/mol. The van der Waals surface area contributed by atoms with Crippen molar-refractivity contribution >= 4 is 29.4 Å². The van der Waals surface area contributed by atoms with Gasteiger partial charge in [-0.1, -0.05) is 97.1 Å². The van der Waals surface area contributed by atoms with Gasteiger partial charge in [0.1, 0.15) is 5.82 Å². The standard InChI is InChI=1S/C30H23F.C7H8O2S/c31-26-14-9-21(10-15-26)20-5-7-22(8-6-20)24-12-16-28-25(19-24)13-18-29-27-4-2-1-3-23(27)11-17-30(28)29;8-7(9)5-6-3-1-2-4-10-6/h1-10,13-15,18-19H,11-12,16-17H2;1-4,6H,5H2,(H,8,9). The maximum Gasteiger partial charge on any atom is 0.304 e. The molecule has 1 atom stereocenters. The molecule has 0 saturated carbocycles. The smallest absolute Gasteiger partial charge is 0.304 e. The molecule has 4 aromatic carbocycles. The lowest BCUT2D eigenvalue weighted by Gasteiger charge is -2.26. The average molecular weight is 559 g/mol. The van der Waals surface area contributed by atoms with Crippen LogP contribution in [0, 0.1) is 5.82 Å². The first-order valence-corrected chi connectivity index (χ1v) is 15.0. The Morgan fingerprint density at radius 2 is 1.46 bits per heavy atom. The van der Waals surface area contributed by atoms with Crippen LogP contribution in [0.15, 0.2) is 109 Å². The number of aryl methyl sites for hydroxylation is 1. The van der Waals surface area contributed by atoms with Crippen LogP contribution in [-0.4, -0.2) is 16.3 Å². The highest BCUT2D eigenvalue weighted by Gasteiger charge is 2.22. The Bertz CT molecular complexity index is 1660. The van der Waals surface area contributed by atoms with Crippen molar-refractivity contribution in [3.05, 3.63) is 142 Å². The molecule has 0 amide bonds. The summed E-state index contributed by atoms with van der Waals surface area (Å²) in [6.45, 7) is 0. The number of carboxylic acids is 1. The van der Waals surface area contributed by atoms with E-state index in [1.807, 2.05) is 35.8 Å². The van der Waals surface area contributed by atoms with Crippen LogP contribution in [0.3, 0.4) is 0 Å². The maximum atomic E-state index is 13.2. The first kappa shape index (κ1) is 27.0. The highest BCUT2D eigenvalue weighted by molar-refractivity contribution is 8.02. The summed E-state index contributed by atoms with van der Waals surface area (Å²) in [6.07, 6.45) is 12.7. The van der Waals surface area contributed by atoms with E-state index >= 15 is 0 Å². The molecule has 3 aliphatic rings. The van der Waals surface area contributed by atoms with E-state index < -0.39 is 5.97 Å². The van der Waals surface area contributed by atoms with E-state index in [2.05, 4.69) is 66.7 Å². The number of carbonyl (C=O) groups is 1. The quantitative estimate of drug-likeness (QED) is 0.271. The molecule has 0 saturated heterocycles. The van der Waals surface area contributed by atoms with Crippen LogP contribution in [0.4, 0.5) is 4.39 Å². The fraction of sp³-hybridized carbons (Fsp3) is 0.162. The average Bonchev–Trinajstić information content (AvgIpc) is 3.01. The molecule has 41 heavy (non-hydrogen) atoms. The maximum absolute atomic E-state index is 13.2. The molecule has 0 radical (unpaired) electrons. The molecule has 0 spiro atoms. The van der Waals surface area contributed by atoms with Gasteiger partial charge < -0.3 is 5.11 Å². The van der Waals surface area contributed by atoms with Gasteiger partial charge in [0, 0.05) is 5.25 Å². The van der Waals surface area contributed by atoms with Gasteiger partial charge in [0.2, 0.25) is 0 Å². The van der Waals surface area contributed by atoms with Crippen LogP contribution in [-0.2, 0) is 24.1 Å². The zero-order chi connectivity index (χ0) is 28.2.